The van der Waals surface area contributed by atoms with Crippen molar-refractivity contribution in [2.45, 2.75) is 44.4 Å². The molecule has 0 N–H and O–H groups in total. The predicted molar refractivity (Wildman–Crippen MR) is 157 cm³/mol. The van der Waals surface area contributed by atoms with Crippen LogP contribution in [0.1, 0.15) is 55.6 Å². The molecule has 5 aliphatic rings. The second kappa shape index (κ2) is 11.7. The van der Waals surface area contributed by atoms with Gasteiger partial charge in [-0.15, -0.1) is 0 Å². The summed E-state index contributed by atoms with van der Waals surface area (Å²) < 4.78 is 22.4. The lowest BCUT2D eigenvalue weighted by Gasteiger charge is -2.51. The summed E-state index contributed by atoms with van der Waals surface area (Å²) in [4.78, 5) is 31.4. The summed E-state index contributed by atoms with van der Waals surface area (Å²) in [5, 5.41) is 0. The highest BCUT2D eigenvalue weighted by atomic mass is 16.7. The van der Waals surface area contributed by atoms with Gasteiger partial charge in [-0.2, -0.15) is 0 Å². The third-order valence-corrected chi connectivity index (χ3v) is 9.43. The Kier molecular flexibility index (Phi) is 7.53. The second-order valence-electron chi connectivity index (χ2n) is 11.9. The molecule has 8 heteroatoms. The average Bonchev–Trinajstić information content (AvgIpc) is 3.70. The van der Waals surface area contributed by atoms with Crippen LogP contribution in [0.5, 0.6) is 23.0 Å². The topological polar surface area (TPSA) is 77.5 Å². The van der Waals surface area contributed by atoms with Crippen LogP contribution in [0.2, 0.25) is 0 Å². The molecule has 4 atom stereocenters. The van der Waals surface area contributed by atoms with E-state index in [1.165, 1.54) is 6.42 Å². The highest BCUT2D eigenvalue weighted by molar-refractivity contribution is 5.88. The van der Waals surface area contributed by atoms with Gasteiger partial charge in [-0.25, -0.2) is 0 Å². The molecule has 2 amide bonds. The number of likely N-dealkylation sites (tertiary alicyclic amines) is 2. The fourth-order valence-corrected chi connectivity index (χ4v) is 7.15. The number of fused-ring (bicyclic) bond motifs is 2. The molecule has 42 heavy (non-hydrogen) atoms. The van der Waals surface area contributed by atoms with Gasteiger partial charge >= 0.3 is 0 Å². The lowest BCUT2D eigenvalue weighted by molar-refractivity contribution is -0.144. The second-order valence-corrected chi connectivity index (χ2v) is 11.9. The summed E-state index contributed by atoms with van der Waals surface area (Å²) in [6.07, 6.45) is 14.6. The van der Waals surface area contributed by atoms with E-state index in [0.29, 0.717) is 5.75 Å². The van der Waals surface area contributed by atoms with E-state index in [9.17, 15) is 9.59 Å². The lowest BCUT2D eigenvalue weighted by Crippen LogP contribution is -2.53. The number of ether oxygens (including phenoxy) is 4. The summed E-state index contributed by atoms with van der Waals surface area (Å²) in [5.74, 6) is 2.76. The normalized spacial score (nSPS) is 26.6. The summed E-state index contributed by atoms with van der Waals surface area (Å²) in [6.45, 7) is 3.65. The molecule has 1 aliphatic carbocycles. The molecule has 0 radical (unpaired) electrons. The van der Waals surface area contributed by atoms with E-state index in [2.05, 4.69) is 24.3 Å². The highest BCUT2D eigenvalue weighted by Crippen LogP contribution is 2.56. The van der Waals surface area contributed by atoms with Crippen molar-refractivity contribution >= 4 is 17.9 Å². The molecule has 4 aliphatic heterocycles. The first-order valence-electron chi connectivity index (χ1n) is 15.4. The molecular weight excluding hydrogens is 532 g/mol. The Labute approximate surface area is 246 Å². The van der Waals surface area contributed by atoms with E-state index in [-0.39, 0.29) is 49.1 Å². The van der Waals surface area contributed by atoms with Crippen molar-refractivity contribution < 1.29 is 28.5 Å². The first-order valence-corrected chi connectivity index (χ1v) is 15.4. The summed E-state index contributed by atoms with van der Waals surface area (Å²) >= 11 is 0. The molecule has 0 unspecified atom stereocenters. The van der Waals surface area contributed by atoms with Gasteiger partial charge in [0.15, 0.2) is 23.0 Å². The van der Waals surface area contributed by atoms with Crippen LogP contribution in [-0.2, 0) is 9.59 Å². The molecule has 4 heterocycles. The zero-order valence-corrected chi connectivity index (χ0v) is 23.9. The van der Waals surface area contributed by atoms with Crippen molar-refractivity contribution in [1.82, 2.24) is 9.80 Å². The Morgan fingerprint density at radius 3 is 2.00 bits per heavy atom. The Bertz CT molecular complexity index is 1390. The van der Waals surface area contributed by atoms with Crippen molar-refractivity contribution in [2.24, 2.45) is 17.8 Å². The molecule has 7 rings (SSSR count). The highest BCUT2D eigenvalue weighted by Gasteiger charge is 2.53. The number of benzene rings is 2. The van der Waals surface area contributed by atoms with Gasteiger partial charge < -0.3 is 28.7 Å². The molecule has 3 fully saturated rings. The van der Waals surface area contributed by atoms with Crippen LogP contribution >= 0.6 is 0 Å². The van der Waals surface area contributed by atoms with Crippen molar-refractivity contribution in [3.8, 4) is 23.0 Å². The van der Waals surface area contributed by atoms with E-state index >= 15 is 0 Å². The van der Waals surface area contributed by atoms with Crippen molar-refractivity contribution in [1.29, 1.82) is 0 Å². The largest absolute Gasteiger partial charge is 0.454 e. The van der Waals surface area contributed by atoms with Crippen LogP contribution in [0.3, 0.4) is 0 Å². The minimum atomic E-state index is -0.242. The number of allylic oxidation sites excluding steroid dienone is 2. The molecule has 2 saturated heterocycles. The molecule has 1 saturated carbocycles. The quantitative estimate of drug-likeness (QED) is 0.434. The number of hydrogen-bond donors (Lipinski definition) is 0. The Balaban J connectivity index is 1.23. The fourth-order valence-electron chi connectivity index (χ4n) is 7.15. The number of amides is 2. The van der Waals surface area contributed by atoms with Gasteiger partial charge in [0.25, 0.3) is 0 Å². The van der Waals surface area contributed by atoms with Gasteiger partial charge in [0, 0.05) is 32.1 Å². The zero-order valence-electron chi connectivity index (χ0n) is 23.9. The standard InChI is InChI=1S/C34H38N2O6/c37-31(35-15-3-1-4-16-35)14-11-25-26(10-7-23-8-12-27-29(19-23)41-21-39-27)33(34(38)36-17-5-2-6-18-36)32(25)24-9-13-28-30(20-24)42-22-40-28/h7-14,19-20,25-26,32-33H,1-6,15-18,21-22H2/b10-7+,14-11-/t25-,26-,32+,33+/m1/s1. The summed E-state index contributed by atoms with van der Waals surface area (Å²) in [6, 6.07) is 11.9. The molecule has 0 spiro atoms. The predicted octanol–water partition coefficient (Wildman–Crippen LogP) is 5.38. The molecule has 2 aromatic rings. The monoisotopic (exact) mass is 570 g/mol. The number of carbonyl (C=O) groups is 2. The van der Waals surface area contributed by atoms with Gasteiger partial charge in [-0.3, -0.25) is 9.59 Å². The van der Waals surface area contributed by atoms with Crippen molar-refractivity contribution in [2.75, 3.05) is 39.8 Å². The maximum atomic E-state index is 14.2. The number of piperidine rings is 2. The zero-order chi connectivity index (χ0) is 28.5. The molecule has 0 bridgehead atoms. The Hall–Kier alpha value is -3.94. The first kappa shape index (κ1) is 26.9. The van der Waals surface area contributed by atoms with Crippen LogP contribution in [0, 0.1) is 17.8 Å². The smallest absolute Gasteiger partial charge is 0.246 e. The van der Waals surface area contributed by atoms with Crippen molar-refractivity contribution in [3.05, 3.63) is 65.8 Å². The number of nitrogens with zero attached hydrogens (tertiary/aromatic N) is 2. The van der Waals surface area contributed by atoms with Crippen molar-refractivity contribution in [3.63, 3.8) is 0 Å². The minimum absolute atomic E-state index is 0.0249. The third kappa shape index (κ3) is 5.23. The van der Waals surface area contributed by atoms with Gasteiger partial charge in [-0.1, -0.05) is 30.4 Å². The van der Waals surface area contributed by atoms with E-state index in [4.69, 9.17) is 18.9 Å². The van der Waals surface area contributed by atoms with Gasteiger partial charge in [0.1, 0.15) is 0 Å². The van der Waals surface area contributed by atoms with Crippen LogP contribution in [0.15, 0.2) is 54.6 Å². The lowest BCUT2D eigenvalue weighted by atomic mass is 9.53. The number of carbonyl (C=O) groups excluding carboxylic acids is 2. The van der Waals surface area contributed by atoms with E-state index in [0.717, 1.165) is 86.7 Å². The Morgan fingerprint density at radius 2 is 1.29 bits per heavy atom. The van der Waals surface area contributed by atoms with Crippen LogP contribution in [-0.4, -0.2) is 61.4 Å². The first-order chi connectivity index (χ1) is 20.7. The SMILES string of the molecule is O=C(/C=C\[C@@H]1[C@@H](/C=C/c2ccc3c(c2)OCO3)[C@H](C(=O)N2CCCCC2)[C@H]1c1ccc2c(c1)OCO2)N1CCCCC1. The maximum Gasteiger partial charge on any atom is 0.246 e. The molecule has 2 aromatic carbocycles. The van der Waals surface area contributed by atoms with Crippen LogP contribution in [0.4, 0.5) is 0 Å². The molecule has 8 nitrogen and oxygen atoms in total. The van der Waals surface area contributed by atoms with Crippen LogP contribution in [0.25, 0.3) is 6.08 Å². The third-order valence-electron chi connectivity index (χ3n) is 9.43. The Morgan fingerprint density at radius 1 is 0.667 bits per heavy atom. The number of rotatable bonds is 6. The van der Waals surface area contributed by atoms with Gasteiger partial charge in [0.05, 0.1) is 5.92 Å². The fraction of sp³-hybridized carbons (Fsp3) is 0.471. The summed E-state index contributed by atoms with van der Waals surface area (Å²) in [7, 11) is 0. The average molecular weight is 571 g/mol. The maximum absolute atomic E-state index is 14.2. The van der Waals surface area contributed by atoms with Crippen LogP contribution < -0.4 is 18.9 Å². The van der Waals surface area contributed by atoms with E-state index < -0.39 is 0 Å². The molecule has 0 aromatic heterocycles. The van der Waals surface area contributed by atoms with Gasteiger partial charge in [0.2, 0.25) is 25.4 Å². The van der Waals surface area contributed by atoms with E-state index in [1.54, 1.807) is 6.08 Å². The minimum Gasteiger partial charge on any atom is -0.454 e. The molecule has 220 valence electrons. The van der Waals surface area contributed by atoms with E-state index in [1.807, 2.05) is 40.1 Å². The molecular formula is C34H38N2O6. The summed E-state index contributed by atoms with van der Waals surface area (Å²) in [5.41, 5.74) is 2.03. The van der Waals surface area contributed by atoms with Gasteiger partial charge in [-0.05, 0) is 91.8 Å². The number of hydrogen-bond acceptors (Lipinski definition) is 6.